The minimum absolute atomic E-state index is 0.00373. The molecule has 1 heterocycles. The Morgan fingerprint density at radius 3 is 2.38 bits per heavy atom. The molecule has 0 aliphatic carbocycles. The van der Waals surface area contributed by atoms with Crippen LogP contribution in [-0.4, -0.2) is 22.8 Å². The molecule has 0 bridgehead atoms. The number of halogens is 2. The number of rotatable bonds is 6. The van der Waals surface area contributed by atoms with Gasteiger partial charge in [0.15, 0.2) is 0 Å². The summed E-state index contributed by atoms with van der Waals surface area (Å²) in [5.74, 6) is -0.964. The summed E-state index contributed by atoms with van der Waals surface area (Å²) < 4.78 is 7.19. The van der Waals surface area contributed by atoms with E-state index in [0.717, 1.165) is 21.6 Å². The maximum atomic E-state index is 13.2. The number of benzene rings is 3. The van der Waals surface area contributed by atoms with Gasteiger partial charge in [-0.3, -0.25) is 25.0 Å². The van der Waals surface area contributed by atoms with E-state index in [1.165, 1.54) is 18.2 Å². The molecular formula is C26H19BrIN3O6. The summed E-state index contributed by atoms with van der Waals surface area (Å²) in [7, 11) is 0. The number of aryl methyl sites for hydroxylation is 2. The van der Waals surface area contributed by atoms with Gasteiger partial charge in [-0.05, 0) is 117 Å². The second-order valence-electron chi connectivity index (χ2n) is 8.25. The molecule has 4 amide bonds. The van der Waals surface area contributed by atoms with E-state index in [1.54, 1.807) is 42.5 Å². The fraction of sp³-hybridized carbons (Fsp3) is 0.115. The number of imide groups is 2. The molecule has 4 rings (SSSR count). The average Bonchev–Trinajstić information content (AvgIpc) is 2.83. The molecule has 1 aliphatic heterocycles. The van der Waals surface area contributed by atoms with Gasteiger partial charge in [0, 0.05) is 12.1 Å². The number of ether oxygens (including phenoxy) is 1. The van der Waals surface area contributed by atoms with Crippen molar-refractivity contribution in [1.29, 1.82) is 0 Å². The van der Waals surface area contributed by atoms with Crippen LogP contribution < -0.4 is 15.0 Å². The zero-order valence-corrected chi connectivity index (χ0v) is 23.3. The van der Waals surface area contributed by atoms with E-state index in [9.17, 15) is 24.5 Å². The van der Waals surface area contributed by atoms with Gasteiger partial charge in [-0.1, -0.05) is 6.07 Å². The molecule has 37 heavy (non-hydrogen) atoms. The van der Waals surface area contributed by atoms with Crippen molar-refractivity contribution in [2.75, 3.05) is 4.90 Å². The molecule has 0 radical (unpaired) electrons. The van der Waals surface area contributed by atoms with Crippen LogP contribution in [0.5, 0.6) is 5.75 Å². The highest BCUT2D eigenvalue weighted by Crippen LogP contribution is 2.34. The van der Waals surface area contributed by atoms with Crippen molar-refractivity contribution in [3.8, 4) is 5.75 Å². The molecular weight excluding hydrogens is 657 g/mol. The third kappa shape index (κ3) is 5.72. The van der Waals surface area contributed by atoms with Gasteiger partial charge in [-0.25, -0.2) is 9.69 Å². The number of amides is 4. The number of nitrogens with one attached hydrogen (secondary N) is 1. The van der Waals surface area contributed by atoms with E-state index in [2.05, 4.69) is 43.8 Å². The van der Waals surface area contributed by atoms with Crippen LogP contribution in [-0.2, 0) is 16.2 Å². The molecule has 0 unspecified atom stereocenters. The van der Waals surface area contributed by atoms with Gasteiger partial charge in [-0.15, -0.1) is 0 Å². The topological polar surface area (TPSA) is 119 Å². The maximum Gasteiger partial charge on any atom is 0.335 e. The quantitative estimate of drug-likeness (QED) is 0.116. The lowest BCUT2D eigenvalue weighted by Crippen LogP contribution is -2.54. The molecule has 11 heteroatoms. The lowest BCUT2D eigenvalue weighted by molar-refractivity contribution is -0.384. The summed E-state index contributed by atoms with van der Waals surface area (Å²) in [6, 6.07) is 13.9. The van der Waals surface area contributed by atoms with E-state index < -0.39 is 22.8 Å². The molecule has 0 spiro atoms. The Morgan fingerprint density at radius 2 is 1.76 bits per heavy atom. The Bertz CT molecular complexity index is 1460. The first-order chi connectivity index (χ1) is 17.5. The number of urea groups is 1. The van der Waals surface area contributed by atoms with Crippen molar-refractivity contribution < 1.29 is 24.0 Å². The smallest absolute Gasteiger partial charge is 0.335 e. The minimum atomic E-state index is -0.804. The predicted molar refractivity (Wildman–Crippen MR) is 149 cm³/mol. The number of carbonyl (C=O) groups is 3. The van der Waals surface area contributed by atoms with E-state index in [0.29, 0.717) is 25.0 Å². The average molecular weight is 676 g/mol. The van der Waals surface area contributed by atoms with Crippen molar-refractivity contribution in [1.82, 2.24) is 5.32 Å². The second-order valence-corrected chi connectivity index (χ2v) is 10.3. The lowest BCUT2D eigenvalue weighted by atomic mass is 10.0. The summed E-state index contributed by atoms with van der Waals surface area (Å²) >= 11 is 5.54. The number of hydrogen-bond acceptors (Lipinski definition) is 6. The zero-order valence-electron chi connectivity index (χ0n) is 19.6. The number of non-ortho nitro benzene ring substituents is 1. The third-order valence-electron chi connectivity index (χ3n) is 5.71. The van der Waals surface area contributed by atoms with E-state index in [-0.39, 0.29) is 17.9 Å². The van der Waals surface area contributed by atoms with Crippen molar-refractivity contribution >= 4 is 73.8 Å². The molecule has 3 aromatic carbocycles. The molecule has 0 aromatic heterocycles. The van der Waals surface area contributed by atoms with Gasteiger partial charge in [-0.2, -0.15) is 0 Å². The summed E-state index contributed by atoms with van der Waals surface area (Å²) in [5, 5.41) is 13.1. The monoisotopic (exact) mass is 675 g/mol. The minimum Gasteiger partial charge on any atom is -0.487 e. The highest BCUT2D eigenvalue weighted by atomic mass is 127. The molecule has 3 aromatic rings. The number of barbiturate groups is 1. The maximum absolute atomic E-state index is 13.2. The van der Waals surface area contributed by atoms with Gasteiger partial charge in [0.1, 0.15) is 17.9 Å². The largest absolute Gasteiger partial charge is 0.487 e. The first-order valence-electron chi connectivity index (χ1n) is 10.9. The molecule has 1 saturated heterocycles. The van der Waals surface area contributed by atoms with Crippen LogP contribution in [0, 0.1) is 27.5 Å². The van der Waals surface area contributed by atoms with Crippen molar-refractivity contribution in [2.45, 2.75) is 20.5 Å². The molecule has 1 aliphatic rings. The summed E-state index contributed by atoms with van der Waals surface area (Å²) in [6.45, 7) is 3.98. The SMILES string of the molecule is Cc1ccc(N2C(=O)NC(=O)/C(=C\c3cc(Br)c(OCc4ccc([N+](=O)[O-])cc4)c(I)c3)C2=O)cc1C. The van der Waals surface area contributed by atoms with Crippen LogP contribution in [0.2, 0.25) is 0 Å². The Hall–Kier alpha value is -3.58. The van der Waals surface area contributed by atoms with Crippen LogP contribution in [0.1, 0.15) is 22.3 Å². The van der Waals surface area contributed by atoms with Crippen LogP contribution >= 0.6 is 38.5 Å². The molecule has 0 saturated carbocycles. The fourth-order valence-corrected chi connectivity index (χ4v) is 5.36. The zero-order chi connectivity index (χ0) is 26.9. The Labute approximate surface area is 233 Å². The summed E-state index contributed by atoms with van der Waals surface area (Å²) in [4.78, 5) is 49.6. The first-order valence-corrected chi connectivity index (χ1v) is 12.8. The van der Waals surface area contributed by atoms with Crippen LogP contribution in [0.25, 0.3) is 6.08 Å². The number of carbonyl (C=O) groups excluding carboxylic acids is 3. The van der Waals surface area contributed by atoms with Gasteiger partial charge >= 0.3 is 6.03 Å². The van der Waals surface area contributed by atoms with Gasteiger partial charge in [0.05, 0.1) is 18.7 Å². The van der Waals surface area contributed by atoms with E-state index >= 15 is 0 Å². The number of anilines is 1. The van der Waals surface area contributed by atoms with E-state index in [1.807, 2.05) is 13.8 Å². The highest BCUT2D eigenvalue weighted by Gasteiger charge is 2.37. The molecule has 1 fully saturated rings. The standard InChI is InChI=1S/C26H19BrIN3O6/c1-14-3-6-19(9-15(14)2)30-25(33)20(24(32)29-26(30)34)10-17-11-21(27)23(22(28)12-17)37-13-16-4-7-18(8-5-16)31(35)36/h3-12H,13H2,1-2H3,(H,29,32,34)/b20-10+. The Morgan fingerprint density at radius 1 is 1.05 bits per heavy atom. The first kappa shape index (κ1) is 26.5. The Balaban J connectivity index is 1.58. The van der Waals surface area contributed by atoms with E-state index in [4.69, 9.17) is 4.74 Å². The second kappa shape index (κ2) is 10.8. The van der Waals surface area contributed by atoms with Gasteiger partial charge in [0.25, 0.3) is 17.5 Å². The fourth-order valence-electron chi connectivity index (χ4n) is 3.59. The number of hydrogen-bond donors (Lipinski definition) is 1. The number of nitrogens with zero attached hydrogens (tertiary/aromatic N) is 2. The number of nitro groups is 1. The molecule has 188 valence electrons. The van der Waals surface area contributed by atoms with Crippen LogP contribution in [0.15, 0.2) is 64.6 Å². The van der Waals surface area contributed by atoms with Gasteiger partial charge < -0.3 is 4.74 Å². The molecule has 9 nitrogen and oxygen atoms in total. The molecule has 0 atom stereocenters. The van der Waals surface area contributed by atoms with Gasteiger partial charge in [0.2, 0.25) is 0 Å². The highest BCUT2D eigenvalue weighted by molar-refractivity contribution is 14.1. The third-order valence-corrected chi connectivity index (χ3v) is 7.10. The number of nitro benzene ring substituents is 1. The van der Waals surface area contributed by atoms with Crippen LogP contribution in [0.3, 0.4) is 0 Å². The van der Waals surface area contributed by atoms with Crippen molar-refractivity contribution in [2.24, 2.45) is 0 Å². The van der Waals surface area contributed by atoms with Crippen LogP contribution in [0.4, 0.5) is 16.2 Å². The Kier molecular flexibility index (Phi) is 7.73. The van der Waals surface area contributed by atoms with Crippen molar-refractivity contribution in [3.05, 3.63) is 101 Å². The predicted octanol–water partition coefficient (Wildman–Crippen LogP) is 5.82. The summed E-state index contributed by atoms with van der Waals surface area (Å²) in [6.07, 6.45) is 1.42. The lowest BCUT2D eigenvalue weighted by Gasteiger charge is -2.27. The van der Waals surface area contributed by atoms with Crippen molar-refractivity contribution in [3.63, 3.8) is 0 Å². The molecule has 1 N–H and O–H groups in total. The normalized spacial score (nSPS) is 14.6. The summed E-state index contributed by atoms with van der Waals surface area (Å²) in [5.41, 5.74) is 3.40.